The molecule has 2 N–H and O–H groups in total. The van der Waals surface area contributed by atoms with E-state index in [0.29, 0.717) is 44.8 Å². The van der Waals surface area contributed by atoms with Gasteiger partial charge in [-0.25, -0.2) is 19.6 Å². The van der Waals surface area contributed by atoms with Gasteiger partial charge in [0.05, 0.1) is 5.39 Å². The summed E-state index contributed by atoms with van der Waals surface area (Å²) in [6, 6.07) is 10.3. The summed E-state index contributed by atoms with van der Waals surface area (Å²) in [5.74, 6) is 1.14. The summed E-state index contributed by atoms with van der Waals surface area (Å²) in [6.07, 6.45) is 8.93. The number of benzene rings is 1. The van der Waals surface area contributed by atoms with E-state index in [9.17, 15) is 14.4 Å². The lowest BCUT2D eigenvalue weighted by Gasteiger charge is -2.31. The molecule has 2 fully saturated rings. The first-order valence-electron chi connectivity index (χ1n) is 18.9. The fourth-order valence-electron chi connectivity index (χ4n) is 7.58. The Kier molecular flexibility index (Phi) is 12.4. The summed E-state index contributed by atoms with van der Waals surface area (Å²) in [5.41, 5.74) is 8.40. The van der Waals surface area contributed by atoms with Crippen molar-refractivity contribution in [2.75, 3.05) is 45.0 Å². The highest BCUT2D eigenvalue weighted by molar-refractivity contribution is 5.90. The molecule has 12 nitrogen and oxygen atoms in total. The van der Waals surface area contributed by atoms with Crippen molar-refractivity contribution in [3.8, 4) is 0 Å². The molecule has 0 bridgehead atoms. The highest BCUT2D eigenvalue weighted by Crippen LogP contribution is 2.42. The highest BCUT2D eigenvalue weighted by Gasteiger charge is 2.34. The van der Waals surface area contributed by atoms with E-state index in [1.54, 1.807) is 11.8 Å². The first-order valence-corrected chi connectivity index (χ1v) is 18.9. The quantitative estimate of drug-likeness (QED) is 0.220. The molecule has 1 aliphatic heterocycles. The Balaban J connectivity index is 1.27. The highest BCUT2D eigenvalue weighted by atomic mass is 16.6. The molecule has 2 atom stereocenters. The largest absolute Gasteiger partial charge is 0.444 e. The second kappa shape index (κ2) is 16.5. The molecule has 5 rings (SSSR count). The van der Waals surface area contributed by atoms with Gasteiger partial charge in [0.25, 0.3) is 0 Å². The summed E-state index contributed by atoms with van der Waals surface area (Å²) in [5, 5.41) is 0.921. The number of rotatable bonds is 11. The molecule has 284 valence electrons. The van der Waals surface area contributed by atoms with Crippen LogP contribution in [0, 0.1) is 5.92 Å². The second-order valence-corrected chi connectivity index (χ2v) is 16.5. The van der Waals surface area contributed by atoms with Crippen molar-refractivity contribution < 1.29 is 23.9 Å². The molecular formula is C40H59N7O5. The van der Waals surface area contributed by atoms with Gasteiger partial charge in [-0.15, -0.1) is 0 Å². The van der Waals surface area contributed by atoms with Crippen LogP contribution in [0.5, 0.6) is 0 Å². The van der Waals surface area contributed by atoms with Gasteiger partial charge in [-0.3, -0.25) is 4.79 Å². The Bertz CT molecular complexity index is 1670. The molecule has 2 aliphatic rings. The van der Waals surface area contributed by atoms with E-state index in [1.165, 1.54) is 6.33 Å². The van der Waals surface area contributed by atoms with E-state index in [1.807, 2.05) is 69.5 Å². The topological polar surface area (TPSA) is 136 Å². The summed E-state index contributed by atoms with van der Waals surface area (Å²) in [4.78, 5) is 53.4. The molecule has 1 aliphatic carbocycles. The van der Waals surface area contributed by atoms with Crippen LogP contribution in [-0.2, 0) is 20.7 Å². The van der Waals surface area contributed by atoms with Crippen LogP contribution in [0.1, 0.15) is 110 Å². The minimum atomic E-state index is -0.633. The van der Waals surface area contributed by atoms with Gasteiger partial charge in [-0.1, -0.05) is 30.3 Å². The number of nitrogens with zero attached hydrogens (tertiary/aromatic N) is 6. The standard InChI is InChI=1S/C40H59N7O5/c1-28(48)44-22-17-31(18-23-44)33-26-47(36-34(33)35(41)42-27-43-36)32-15-14-30(24-32)25-46(38(50)52-40(5,6)7)20-11-19-45(37(49)51-39(2,3)4)21-16-29-12-9-8-10-13-29/h8-10,12-13,26-27,30-32H,11,14-25H2,1-7H3,(H2,41,42,43)/t30-,32+/m1/s1. The van der Waals surface area contributed by atoms with Crippen LogP contribution in [-0.4, -0.2) is 97.8 Å². The average Bonchev–Trinajstić information content (AvgIpc) is 3.70. The van der Waals surface area contributed by atoms with Gasteiger partial charge < -0.3 is 34.5 Å². The molecule has 1 aromatic carbocycles. The van der Waals surface area contributed by atoms with E-state index >= 15 is 0 Å². The minimum Gasteiger partial charge on any atom is -0.444 e. The molecule has 3 amide bonds. The van der Waals surface area contributed by atoms with E-state index < -0.39 is 11.2 Å². The molecular weight excluding hydrogens is 658 g/mol. The van der Waals surface area contributed by atoms with Crippen molar-refractivity contribution in [3.05, 3.63) is 54.0 Å². The fraction of sp³-hybridized carbons (Fsp3) is 0.625. The Hall–Kier alpha value is -4.35. The Morgan fingerprint density at radius 2 is 1.50 bits per heavy atom. The number of ether oxygens (including phenoxy) is 2. The van der Waals surface area contributed by atoms with Crippen molar-refractivity contribution in [1.29, 1.82) is 0 Å². The Morgan fingerprint density at radius 3 is 2.13 bits per heavy atom. The van der Waals surface area contributed by atoms with Gasteiger partial charge in [0.1, 0.15) is 29.0 Å². The zero-order chi connectivity index (χ0) is 37.6. The number of hydrogen-bond acceptors (Lipinski definition) is 8. The van der Waals surface area contributed by atoms with E-state index in [4.69, 9.17) is 20.2 Å². The second-order valence-electron chi connectivity index (χ2n) is 16.5. The number of aromatic nitrogens is 3. The average molecular weight is 718 g/mol. The summed E-state index contributed by atoms with van der Waals surface area (Å²) in [7, 11) is 0. The van der Waals surface area contributed by atoms with Gasteiger partial charge in [0.15, 0.2) is 0 Å². The maximum Gasteiger partial charge on any atom is 0.410 e. The van der Waals surface area contributed by atoms with Crippen molar-refractivity contribution in [1.82, 2.24) is 29.2 Å². The molecule has 3 heterocycles. The van der Waals surface area contributed by atoms with E-state index in [0.717, 1.165) is 67.4 Å². The number of carbonyl (C=O) groups excluding carboxylic acids is 3. The number of nitrogen functional groups attached to an aromatic ring is 1. The number of piperidine rings is 1. The van der Waals surface area contributed by atoms with Gasteiger partial charge >= 0.3 is 12.2 Å². The lowest BCUT2D eigenvalue weighted by Crippen LogP contribution is -2.42. The maximum absolute atomic E-state index is 13.6. The number of amides is 3. The van der Waals surface area contributed by atoms with Crippen LogP contribution in [0.25, 0.3) is 11.0 Å². The third-order valence-electron chi connectivity index (χ3n) is 10.1. The lowest BCUT2D eigenvalue weighted by atomic mass is 9.89. The van der Waals surface area contributed by atoms with Gasteiger partial charge in [-0.2, -0.15) is 0 Å². The van der Waals surface area contributed by atoms with Crippen LogP contribution in [0.15, 0.2) is 42.9 Å². The molecule has 1 saturated heterocycles. The minimum absolute atomic E-state index is 0.115. The van der Waals surface area contributed by atoms with E-state index in [-0.39, 0.29) is 36.0 Å². The van der Waals surface area contributed by atoms with E-state index in [2.05, 4.69) is 27.9 Å². The summed E-state index contributed by atoms with van der Waals surface area (Å²) >= 11 is 0. The molecule has 12 heteroatoms. The van der Waals surface area contributed by atoms with Crippen molar-refractivity contribution in [2.24, 2.45) is 5.92 Å². The zero-order valence-corrected chi connectivity index (χ0v) is 32.3. The van der Waals surface area contributed by atoms with Crippen LogP contribution in [0.4, 0.5) is 15.4 Å². The third kappa shape index (κ3) is 10.4. The molecule has 3 aromatic rings. The van der Waals surface area contributed by atoms with Crippen molar-refractivity contribution in [3.63, 3.8) is 0 Å². The van der Waals surface area contributed by atoms with Gasteiger partial charge in [-0.05, 0) is 109 Å². The summed E-state index contributed by atoms with van der Waals surface area (Å²) in [6.45, 7) is 16.4. The predicted octanol–water partition coefficient (Wildman–Crippen LogP) is 7.19. The Labute approximate surface area is 309 Å². The molecule has 1 saturated carbocycles. The van der Waals surface area contributed by atoms with Crippen LogP contribution < -0.4 is 5.73 Å². The van der Waals surface area contributed by atoms with Crippen LogP contribution >= 0.6 is 0 Å². The lowest BCUT2D eigenvalue weighted by molar-refractivity contribution is -0.129. The molecule has 52 heavy (non-hydrogen) atoms. The van der Waals surface area contributed by atoms with Crippen LogP contribution in [0.2, 0.25) is 0 Å². The number of carbonyl (C=O) groups is 3. The van der Waals surface area contributed by atoms with Crippen LogP contribution in [0.3, 0.4) is 0 Å². The Morgan fingerprint density at radius 1 is 0.865 bits per heavy atom. The SMILES string of the molecule is CC(=O)N1CCC(c2cn([C@H]3CC[C@@H](CN(CCCN(CCc4ccccc4)C(=O)OC(C)(C)C)C(=O)OC(C)(C)C)C3)c3ncnc(N)c23)CC1. The zero-order valence-electron chi connectivity index (χ0n) is 32.3. The molecule has 2 aromatic heterocycles. The molecule has 0 unspecified atom stereocenters. The number of anilines is 1. The van der Waals surface area contributed by atoms with Gasteiger partial charge in [0.2, 0.25) is 5.91 Å². The number of nitrogens with two attached hydrogens (primary N) is 1. The summed E-state index contributed by atoms with van der Waals surface area (Å²) < 4.78 is 13.9. The monoisotopic (exact) mass is 717 g/mol. The predicted molar refractivity (Wildman–Crippen MR) is 203 cm³/mol. The maximum atomic E-state index is 13.6. The molecule has 0 spiro atoms. The first-order chi connectivity index (χ1) is 24.6. The van der Waals surface area contributed by atoms with Crippen molar-refractivity contribution >= 4 is 34.9 Å². The number of fused-ring (bicyclic) bond motifs is 1. The van der Waals surface area contributed by atoms with Gasteiger partial charge in [0, 0.05) is 58.4 Å². The fourth-order valence-corrected chi connectivity index (χ4v) is 7.58. The third-order valence-corrected chi connectivity index (χ3v) is 10.1. The van der Waals surface area contributed by atoms with Crippen molar-refractivity contribution in [2.45, 2.75) is 117 Å². The number of likely N-dealkylation sites (tertiary alicyclic amines) is 1. The molecule has 0 radical (unpaired) electrons. The normalized spacial score (nSPS) is 18.4. The first kappa shape index (κ1) is 38.9. The number of hydrogen-bond donors (Lipinski definition) is 1. The smallest absolute Gasteiger partial charge is 0.410 e.